The summed E-state index contributed by atoms with van der Waals surface area (Å²) in [5, 5.41) is 42.4. The van der Waals surface area contributed by atoms with E-state index in [1.165, 1.54) is 34.1 Å². The Balaban J connectivity index is 1.58. The summed E-state index contributed by atoms with van der Waals surface area (Å²) >= 11 is 0. The third-order valence-corrected chi connectivity index (χ3v) is 15.0. The van der Waals surface area contributed by atoms with Gasteiger partial charge in [-0.05, 0) is 124 Å². The largest absolute Gasteiger partial charge is 0.508 e. The molecule has 10 amide bonds. The second kappa shape index (κ2) is 30.6. The standard InChI is InChI=1S/C58H88N12O12/c1-31(2)27-41-51(75)65-43(29-35-13-17-37(71)18-14-35)57(81)69-25-9-11-45(69)53(77)68-48(34(7)8)56(80)62-40(22-24-60)50(74)64-42(28-32(3)4)52(76)66-44(30-36-15-19-38(72)20-16-36)58(82)70-26-10-12-46(70)54(78)67-47(33(5)6)55(79)61-39(21-23-59)49(73)63-41/h13-20,31-34,39-48,71-72H,9-12,21-30,59-60H2,1-8H3,(H,61,79)(H,62,80)(H,63,73)(H,64,74)(H,65,75)(H,66,76)(H,67,78)(H,68,77)/t39-,40-,41-,42-,43-,44+,45-,46-,47-,48-/m0/s1. The van der Waals surface area contributed by atoms with E-state index < -0.39 is 131 Å². The van der Waals surface area contributed by atoms with Gasteiger partial charge in [0.25, 0.3) is 0 Å². The van der Waals surface area contributed by atoms with Crippen molar-refractivity contribution in [3.8, 4) is 11.5 Å². The molecule has 2 aromatic carbocycles. The summed E-state index contributed by atoms with van der Waals surface area (Å²) in [6, 6.07) is -0.457. The summed E-state index contributed by atoms with van der Waals surface area (Å²) in [7, 11) is 0. The van der Waals surface area contributed by atoms with Crippen LogP contribution < -0.4 is 54.0 Å². The molecule has 3 aliphatic heterocycles. The van der Waals surface area contributed by atoms with E-state index in [0.29, 0.717) is 24.0 Å². The Kier molecular flexibility index (Phi) is 24.5. The average Bonchev–Trinajstić information content (AvgIpc) is 4.12. The van der Waals surface area contributed by atoms with Crippen LogP contribution in [0.25, 0.3) is 0 Å². The van der Waals surface area contributed by atoms with E-state index >= 15 is 0 Å². The smallest absolute Gasteiger partial charge is 0.246 e. The Morgan fingerprint density at radius 1 is 0.427 bits per heavy atom. The number of hydrogen-bond acceptors (Lipinski definition) is 14. The molecule has 10 atom stereocenters. The van der Waals surface area contributed by atoms with Crippen molar-refractivity contribution < 1.29 is 58.2 Å². The molecule has 14 N–H and O–H groups in total. The fourth-order valence-corrected chi connectivity index (χ4v) is 10.6. The summed E-state index contributed by atoms with van der Waals surface area (Å²) in [4.78, 5) is 148. The van der Waals surface area contributed by atoms with Gasteiger partial charge in [-0.25, -0.2) is 0 Å². The zero-order valence-corrected chi connectivity index (χ0v) is 48.6. The minimum atomic E-state index is -1.31. The van der Waals surface area contributed by atoms with E-state index in [9.17, 15) is 58.2 Å². The molecule has 0 spiro atoms. The quantitative estimate of drug-likeness (QED) is 0.117. The number of phenols is 2. The van der Waals surface area contributed by atoms with Crippen LogP contribution in [0.1, 0.15) is 118 Å². The first-order chi connectivity index (χ1) is 38.8. The van der Waals surface area contributed by atoms with Gasteiger partial charge < -0.3 is 74.0 Å². The van der Waals surface area contributed by atoms with Crippen LogP contribution in [0.3, 0.4) is 0 Å². The Morgan fingerprint density at radius 3 is 1.04 bits per heavy atom. The molecule has 82 heavy (non-hydrogen) atoms. The second-order valence-electron chi connectivity index (χ2n) is 23.4. The monoisotopic (exact) mass is 1140 g/mol. The number of carbonyl (C=O) groups is 10. The molecule has 0 aliphatic carbocycles. The fraction of sp³-hybridized carbons (Fsp3) is 0.621. The number of phenolic OH excluding ortho intramolecular Hbond substituents is 2. The SMILES string of the molecule is CC(C)C[C@@H]1NC(=O)[C@H](CCN)NC(=O)[C@H](C(C)C)NC(=O)[C@@H]2CCCN2C(=O)[C@@H](Cc2ccc(O)cc2)NC(=O)[C@H](CC(C)C)NC(=O)[C@H](CCN)NC(=O)[C@H](C(C)C)NC(=O)[C@@H]2CCCN2C(=O)[C@H](Cc2ccc(O)cc2)NC1=O. The Morgan fingerprint density at radius 2 is 0.732 bits per heavy atom. The van der Waals surface area contributed by atoms with Crippen molar-refractivity contribution in [2.24, 2.45) is 35.1 Å². The zero-order valence-electron chi connectivity index (χ0n) is 48.6. The van der Waals surface area contributed by atoms with Crippen molar-refractivity contribution in [2.75, 3.05) is 26.2 Å². The van der Waals surface area contributed by atoms with Crippen LogP contribution in [0.5, 0.6) is 11.5 Å². The van der Waals surface area contributed by atoms with Crippen molar-refractivity contribution >= 4 is 59.1 Å². The molecule has 3 aliphatic rings. The summed E-state index contributed by atoms with van der Waals surface area (Å²) < 4.78 is 0. The van der Waals surface area contributed by atoms with Crippen molar-refractivity contribution in [1.82, 2.24) is 52.3 Å². The Bertz CT molecular complexity index is 2390. The van der Waals surface area contributed by atoms with E-state index in [1.807, 2.05) is 27.7 Å². The molecule has 452 valence electrons. The third-order valence-electron chi connectivity index (χ3n) is 15.0. The van der Waals surface area contributed by atoms with Crippen LogP contribution in [0.15, 0.2) is 48.5 Å². The number of rotatable bonds is 14. The molecular weight excluding hydrogens is 1060 g/mol. The highest BCUT2D eigenvalue weighted by molar-refractivity contribution is 6.00. The van der Waals surface area contributed by atoms with Crippen molar-refractivity contribution in [1.29, 1.82) is 0 Å². The lowest BCUT2D eigenvalue weighted by Gasteiger charge is -2.33. The molecule has 3 fully saturated rings. The number of hydrogen-bond donors (Lipinski definition) is 12. The molecule has 5 rings (SSSR count). The highest BCUT2D eigenvalue weighted by atomic mass is 16.3. The van der Waals surface area contributed by atoms with Gasteiger partial charge in [0, 0.05) is 25.9 Å². The molecule has 3 saturated heterocycles. The molecule has 0 bridgehead atoms. The zero-order chi connectivity index (χ0) is 60.5. The van der Waals surface area contributed by atoms with Crippen molar-refractivity contribution in [2.45, 2.75) is 180 Å². The summed E-state index contributed by atoms with van der Waals surface area (Å²) in [5.74, 6) is -8.69. The minimum absolute atomic E-state index is 0.0387. The van der Waals surface area contributed by atoms with Gasteiger partial charge >= 0.3 is 0 Å². The predicted octanol–water partition coefficient (Wildman–Crippen LogP) is -0.141. The van der Waals surface area contributed by atoms with Gasteiger partial charge in [-0.1, -0.05) is 79.7 Å². The maximum absolute atomic E-state index is 14.9. The van der Waals surface area contributed by atoms with Gasteiger partial charge in [-0.3, -0.25) is 47.9 Å². The van der Waals surface area contributed by atoms with Crippen LogP contribution in [-0.4, -0.2) is 166 Å². The van der Waals surface area contributed by atoms with Crippen LogP contribution in [0.4, 0.5) is 0 Å². The number of fused-ring (bicyclic) bond motifs is 2. The highest BCUT2D eigenvalue weighted by Crippen LogP contribution is 2.24. The van der Waals surface area contributed by atoms with Crippen LogP contribution >= 0.6 is 0 Å². The first kappa shape index (κ1) is 65.5. The number of nitrogens with one attached hydrogen (secondary N) is 8. The topological polar surface area (TPSA) is 366 Å². The third kappa shape index (κ3) is 18.3. The second-order valence-corrected chi connectivity index (χ2v) is 23.4. The van der Waals surface area contributed by atoms with E-state index in [2.05, 4.69) is 42.5 Å². The van der Waals surface area contributed by atoms with Gasteiger partial charge in [0.15, 0.2) is 0 Å². The number of amides is 10. The van der Waals surface area contributed by atoms with Gasteiger partial charge in [-0.15, -0.1) is 0 Å². The molecule has 24 heteroatoms. The van der Waals surface area contributed by atoms with Crippen LogP contribution in [-0.2, 0) is 60.8 Å². The average molecular weight is 1150 g/mol. The molecule has 0 unspecified atom stereocenters. The van der Waals surface area contributed by atoms with Crippen molar-refractivity contribution in [3.63, 3.8) is 0 Å². The number of aromatic hydroxyl groups is 2. The van der Waals surface area contributed by atoms with Gasteiger partial charge in [0.1, 0.15) is 71.9 Å². The molecule has 2 aromatic rings. The Hall–Kier alpha value is -7.34. The molecule has 0 aromatic heterocycles. The number of nitrogens with two attached hydrogens (primary N) is 2. The first-order valence-corrected chi connectivity index (χ1v) is 28.8. The summed E-state index contributed by atoms with van der Waals surface area (Å²) in [5.41, 5.74) is 13.1. The molecule has 0 saturated carbocycles. The maximum atomic E-state index is 14.9. The van der Waals surface area contributed by atoms with Gasteiger partial charge in [0.05, 0.1) is 0 Å². The lowest BCUT2D eigenvalue weighted by Crippen LogP contribution is -2.62. The molecular formula is C58H88N12O12. The predicted molar refractivity (Wildman–Crippen MR) is 304 cm³/mol. The maximum Gasteiger partial charge on any atom is 0.246 e. The lowest BCUT2D eigenvalue weighted by atomic mass is 9.99. The van der Waals surface area contributed by atoms with Crippen LogP contribution in [0, 0.1) is 23.7 Å². The van der Waals surface area contributed by atoms with E-state index in [-0.39, 0.29) is 101 Å². The van der Waals surface area contributed by atoms with E-state index in [4.69, 9.17) is 11.5 Å². The van der Waals surface area contributed by atoms with Gasteiger partial charge in [0.2, 0.25) is 59.1 Å². The highest BCUT2D eigenvalue weighted by Gasteiger charge is 2.43. The first-order valence-electron chi connectivity index (χ1n) is 28.8. The van der Waals surface area contributed by atoms with E-state index in [1.54, 1.807) is 52.0 Å². The molecule has 0 radical (unpaired) electrons. The summed E-state index contributed by atoms with van der Waals surface area (Å²) in [6.45, 7) is 14.1. The normalized spacial score (nSPS) is 26.6. The Labute approximate surface area is 480 Å². The minimum Gasteiger partial charge on any atom is -0.508 e. The molecule has 3 heterocycles. The lowest BCUT2D eigenvalue weighted by molar-refractivity contribution is -0.143. The molecule has 24 nitrogen and oxygen atoms in total. The summed E-state index contributed by atoms with van der Waals surface area (Å²) in [6.07, 6.45) is 0.981. The number of nitrogens with zero attached hydrogens (tertiary/aromatic N) is 2. The number of carbonyl (C=O) groups excluding carboxylic acids is 10. The van der Waals surface area contributed by atoms with Crippen LogP contribution in [0.2, 0.25) is 0 Å². The fourth-order valence-electron chi connectivity index (χ4n) is 10.6. The van der Waals surface area contributed by atoms with E-state index in [0.717, 1.165) is 0 Å². The number of benzene rings is 2. The van der Waals surface area contributed by atoms with Gasteiger partial charge in [-0.2, -0.15) is 0 Å². The van der Waals surface area contributed by atoms with Crippen molar-refractivity contribution in [3.05, 3.63) is 59.7 Å².